The number of carbonyl (C=O) groups is 1. The van der Waals surface area contributed by atoms with Crippen molar-refractivity contribution in [2.45, 2.75) is 33.1 Å². The Kier molecular flexibility index (Phi) is 6.19. The molecule has 1 rings (SSSR count). The molecule has 0 radical (unpaired) electrons. The largest absolute Gasteiger partial charge is 0.481 e. The lowest BCUT2D eigenvalue weighted by Crippen LogP contribution is -2.33. The van der Waals surface area contributed by atoms with Crippen LogP contribution in [0.25, 0.3) is 0 Å². The second-order valence-corrected chi connectivity index (χ2v) is 4.19. The van der Waals surface area contributed by atoms with E-state index in [-0.39, 0.29) is 5.91 Å². The summed E-state index contributed by atoms with van der Waals surface area (Å²) in [4.78, 5) is 17.7. The molecule has 1 aromatic heterocycles. The Hall–Kier alpha value is -1.58. The van der Waals surface area contributed by atoms with Gasteiger partial charge in [0.15, 0.2) is 0 Å². The Balaban J connectivity index is 2.57. The van der Waals surface area contributed by atoms with Crippen LogP contribution in [0.5, 0.6) is 5.88 Å². The first-order valence-corrected chi connectivity index (χ1v) is 6.48. The molecule has 0 aliphatic carbocycles. The molecule has 0 spiro atoms. The van der Waals surface area contributed by atoms with Crippen molar-refractivity contribution in [2.24, 2.45) is 0 Å². The van der Waals surface area contributed by atoms with Gasteiger partial charge in [0.05, 0.1) is 7.11 Å². The molecular formula is C14H22N2O2. The zero-order chi connectivity index (χ0) is 13.4. The summed E-state index contributed by atoms with van der Waals surface area (Å²) in [7, 11) is 1.61. The van der Waals surface area contributed by atoms with Gasteiger partial charge in [-0.3, -0.25) is 4.79 Å². The lowest BCUT2D eigenvalue weighted by molar-refractivity contribution is -0.130. The molecule has 0 saturated carbocycles. The van der Waals surface area contributed by atoms with Gasteiger partial charge in [0.1, 0.15) is 0 Å². The van der Waals surface area contributed by atoms with E-state index in [1.54, 1.807) is 13.3 Å². The maximum atomic E-state index is 11.7. The molecule has 18 heavy (non-hydrogen) atoms. The van der Waals surface area contributed by atoms with E-state index in [4.69, 9.17) is 4.74 Å². The summed E-state index contributed by atoms with van der Waals surface area (Å²) < 4.78 is 5.09. The van der Waals surface area contributed by atoms with Crippen molar-refractivity contribution in [1.29, 1.82) is 0 Å². The van der Waals surface area contributed by atoms with Crippen LogP contribution in [0.3, 0.4) is 0 Å². The third-order valence-corrected chi connectivity index (χ3v) is 2.83. The van der Waals surface area contributed by atoms with E-state index >= 15 is 0 Å². The summed E-state index contributed by atoms with van der Waals surface area (Å²) in [5.41, 5.74) is 1.15. The molecule has 0 atom stereocenters. The molecule has 0 fully saturated rings. The van der Waals surface area contributed by atoms with Crippen molar-refractivity contribution < 1.29 is 9.53 Å². The van der Waals surface area contributed by atoms with E-state index in [9.17, 15) is 4.79 Å². The Labute approximate surface area is 109 Å². The lowest BCUT2D eigenvalue weighted by Gasteiger charge is -2.21. The Morgan fingerprint density at radius 2 is 2.17 bits per heavy atom. The Morgan fingerprint density at radius 1 is 1.39 bits per heavy atom. The van der Waals surface area contributed by atoms with Gasteiger partial charge in [-0.05, 0) is 24.5 Å². The van der Waals surface area contributed by atoms with Crippen molar-refractivity contribution in [1.82, 2.24) is 9.88 Å². The van der Waals surface area contributed by atoms with Crippen LogP contribution >= 0.6 is 0 Å². The van der Waals surface area contributed by atoms with Crippen molar-refractivity contribution in [2.75, 3.05) is 20.2 Å². The predicted octanol–water partition coefficient (Wildman–Crippen LogP) is 2.28. The van der Waals surface area contributed by atoms with E-state index in [0.29, 0.717) is 12.3 Å². The fraction of sp³-hybridized carbons (Fsp3) is 0.571. The smallest absolute Gasteiger partial charge is 0.222 e. The molecule has 1 aromatic rings. The van der Waals surface area contributed by atoms with Crippen molar-refractivity contribution in [3.05, 3.63) is 23.9 Å². The van der Waals surface area contributed by atoms with E-state index in [2.05, 4.69) is 11.9 Å². The van der Waals surface area contributed by atoms with Crippen molar-refractivity contribution in [3.63, 3.8) is 0 Å². The average molecular weight is 250 g/mol. The summed E-state index contributed by atoms with van der Waals surface area (Å²) in [5, 5.41) is 0. The monoisotopic (exact) mass is 250 g/mol. The van der Waals surface area contributed by atoms with Gasteiger partial charge in [-0.25, -0.2) is 4.98 Å². The first kappa shape index (κ1) is 14.5. The summed E-state index contributed by atoms with van der Waals surface area (Å²) >= 11 is 0. The first-order chi connectivity index (χ1) is 8.71. The molecular weight excluding hydrogens is 228 g/mol. The number of amides is 1. The van der Waals surface area contributed by atoms with Crippen molar-refractivity contribution >= 4 is 5.91 Å². The number of pyridine rings is 1. The van der Waals surface area contributed by atoms with Gasteiger partial charge in [-0.15, -0.1) is 0 Å². The highest BCUT2D eigenvalue weighted by Gasteiger charge is 2.10. The minimum absolute atomic E-state index is 0.220. The third-order valence-electron chi connectivity index (χ3n) is 2.83. The topological polar surface area (TPSA) is 42.4 Å². The minimum Gasteiger partial charge on any atom is -0.481 e. The van der Waals surface area contributed by atoms with Crippen LogP contribution in [0, 0.1) is 0 Å². The molecule has 1 heterocycles. The summed E-state index contributed by atoms with van der Waals surface area (Å²) in [6.45, 7) is 5.58. The molecule has 0 aliphatic heterocycles. The second-order valence-electron chi connectivity index (χ2n) is 4.19. The number of aromatic nitrogens is 1. The van der Waals surface area contributed by atoms with Gasteiger partial charge in [-0.1, -0.05) is 13.8 Å². The van der Waals surface area contributed by atoms with Crippen molar-refractivity contribution in [3.8, 4) is 5.88 Å². The molecule has 0 saturated heterocycles. The SMILES string of the molecule is CCCN(CCc1ccnc(OC)c1)C(=O)CC. The standard InChI is InChI=1S/C14H22N2O2/c1-4-9-16(14(17)5-2)10-7-12-6-8-15-13(11-12)18-3/h6,8,11H,4-5,7,9-10H2,1-3H3. The lowest BCUT2D eigenvalue weighted by atomic mass is 10.2. The third kappa shape index (κ3) is 4.35. The average Bonchev–Trinajstić information content (AvgIpc) is 2.42. The molecule has 4 nitrogen and oxygen atoms in total. The van der Waals surface area contributed by atoms with Crippen LogP contribution < -0.4 is 4.74 Å². The fourth-order valence-corrected chi connectivity index (χ4v) is 1.84. The van der Waals surface area contributed by atoms with E-state index in [1.807, 2.05) is 24.0 Å². The second kappa shape index (κ2) is 7.69. The summed E-state index contributed by atoms with van der Waals surface area (Å²) in [6, 6.07) is 3.88. The number of hydrogen-bond acceptors (Lipinski definition) is 3. The quantitative estimate of drug-likeness (QED) is 0.745. The van der Waals surface area contributed by atoms with Gasteiger partial charge in [0.2, 0.25) is 11.8 Å². The highest BCUT2D eigenvalue weighted by molar-refractivity contribution is 5.75. The molecule has 100 valence electrons. The molecule has 4 heteroatoms. The van der Waals surface area contributed by atoms with E-state index in [0.717, 1.165) is 31.5 Å². The zero-order valence-corrected chi connectivity index (χ0v) is 11.5. The minimum atomic E-state index is 0.220. The molecule has 0 aliphatic rings. The molecule has 0 unspecified atom stereocenters. The molecule has 0 aromatic carbocycles. The van der Waals surface area contributed by atoms with Crippen LogP contribution in [-0.4, -0.2) is 36.0 Å². The molecule has 0 N–H and O–H groups in total. The van der Waals surface area contributed by atoms with Crippen LogP contribution in [0.1, 0.15) is 32.3 Å². The summed E-state index contributed by atoms with van der Waals surface area (Å²) in [6.07, 6.45) is 4.13. The number of carbonyl (C=O) groups excluding carboxylic acids is 1. The molecule has 0 bridgehead atoms. The Bertz CT molecular complexity index is 380. The maximum absolute atomic E-state index is 11.7. The van der Waals surface area contributed by atoms with Crippen LogP contribution in [0.2, 0.25) is 0 Å². The van der Waals surface area contributed by atoms with Gasteiger partial charge in [0, 0.05) is 31.8 Å². The van der Waals surface area contributed by atoms with Crippen LogP contribution in [0.15, 0.2) is 18.3 Å². The Morgan fingerprint density at radius 3 is 2.78 bits per heavy atom. The van der Waals surface area contributed by atoms with E-state index in [1.165, 1.54) is 0 Å². The van der Waals surface area contributed by atoms with Crippen LogP contribution in [0.4, 0.5) is 0 Å². The predicted molar refractivity (Wildman–Crippen MR) is 71.7 cm³/mol. The van der Waals surface area contributed by atoms with Crippen LogP contribution in [-0.2, 0) is 11.2 Å². The highest BCUT2D eigenvalue weighted by Crippen LogP contribution is 2.10. The maximum Gasteiger partial charge on any atom is 0.222 e. The number of rotatable bonds is 7. The van der Waals surface area contributed by atoms with E-state index < -0.39 is 0 Å². The molecule has 1 amide bonds. The number of hydrogen-bond donors (Lipinski definition) is 0. The number of ether oxygens (including phenoxy) is 1. The highest BCUT2D eigenvalue weighted by atomic mass is 16.5. The fourth-order valence-electron chi connectivity index (χ4n) is 1.84. The van der Waals surface area contributed by atoms with Gasteiger partial charge in [0.25, 0.3) is 0 Å². The first-order valence-electron chi connectivity index (χ1n) is 6.48. The number of methoxy groups -OCH3 is 1. The number of nitrogens with zero attached hydrogens (tertiary/aromatic N) is 2. The zero-order valence-electron chi connectivity index (χ0n) is 11.5. The van der Waals surface area contributed by atoms with Gasteiger partial charge in [-0.2, -0.15) is 0 Å². The summed E-state index contributed by atoms with van der Waals surface area (Å²) in [5.74, 6) is 0.842. The normalized spacial score (nSPS) is 10.2. The van der Waals surface area contributed by atoms with Gasteiger partial charge >= 0.3 is 0 Å². The van der Waals surface area contributed by atoms with Gasteiger partial charge < -0.3 is 9.64 Å².